The van der Waals surface area contributed by atoms with E-state index in [0.717, 1.165) is 5.75 Å². The van der Waals surface area contributed by atoms with Crippen molar-refractivity contribution in [3.63, 3.8) is 0 Å². The summed E-state index contributed by atoms with van der Waals surface area (Å²) in [6.07, 6.45) is 1.55. The van der Waals surface area contributed by atoms with Crippen molar-refractivity contribution >= 4 is 29.1 Å². The first-order chi connectivity index (χ1) is 9.19. The third-order valence-electron chi connectivity index (χ3n) is 2.34. The molecule has 0 saturated heterocycles. The first-order valence-corrected chi connectivity index (χ1v) is 5.89. The second-order valence-corrected chi connectivity index (χ2v) is 4.05. The quantitative estimate of drug-likeness (QED) is 0.904. The number of methoxy groups -OCH3 is 1. The number of benzene rings is 1. The van der Waals surface area contributed by atoms with E-state index in [9.17, 15) is 4.79 Å². The number of anilines is 2. The second-order valence-electron chi connectivity index (χ2n) is 3.64. The maximum atomic E-state index is 11.7. The molecule has 2 N–H and O–H groups in total. The molecule has 98 valence electrons. The predicted octanol–water partition coefficient (Wildman–Crippen LogP) is 3.39. The highest BCUT2D eigenvalue weighted by Crippen LogP contribution is 2.18. The summed E-state index contributed by atoms with van der Waals surface area (Å²) in [6.45, 7) is 0. The Labute approximate surface area is 115 Å². The van der Waals surface area contributed by atoms with Gasteiger partial charge in [-0.25, -0.2) is 9.78 Å². The largest absolute Gasteiger partial charge is 0.497 e. The van der Waals surface area contributed by atoms with Crippen LogP contribution in [0.15, 0.2) is 42.6 Å². The summed E-state index contributed by atoms with van der Waals surface area (Å²) in [5.74, 6) is 1.04. The number of pyridine rings is 1. The third-order valence-corrected chi connectivity index (χ3v) is 2.64. The number of halogens is 1. The van der Waals surface area contributed by atoms with Crippen LogP contribution in [0.4, 0.5) is 16.3 Å². The van der Waals surface area contributed by atoms with Gasteiger partial charge in [0, 0.05) is 11.9 Å². The summed E-state index contributed by atoms with van der Waals surface area (Å²) >= 11 is 5.89. The molecule has 0 fully saturated rings. The molecule has 5 nitrogen and oxygen atoms in total. The summed E-state index contributed by atoms with van der Waals surface area (Å²) in [5, 5.41) is 5.61. The van der Waals surface area contributed by atoms with Gasteiger partial charge in [-0.3, -0.25) is 5.32 Å². The van der Waals surface area contributed by atoms with Crippen molar-refractivity contribution in [3.05, 3.63) is 47.6 Å². The number of nitrogens with one attached hydrogen (secondary N) is 2. The molecule has 2 rings (SSSR count). The van der Waals surface area contributed by atoms with E-state index in [2.05, 4.69) is 15.6 Å². The maximum absolute atomic E-state index is 11.7. The van der Waals surface area contributed by atoms with Gasteiger partial charge in [-0.05, 0) is 36.4 Å². The van der Waals surface area contributed by atoms with Crippen molar-refractivity contribution in [1.82, 2.24) is 4.98 Å². The molecule has 0 unspecified atom stereocenters. The van der Waals surface area contributed by atoms with E-state index in [0.29, 0.717) is 16.5 Å². The van der Waals surface area contributed by atoms with Crippen molar-refractivity contribution in [3.8, 4) is 5.75 Å². The predicted molar refractivity (Wildman–Crippen MR) is 74.9 cm³/mol. The van der Waals surface area contributed by atoms with Crippen LogP contribution >= 0.6 is 11.6 Å². The molecule has 1 heterocycles. The standard InChI is InChI=1S/C13H12ClN3O2/c1-19-10-6-4-9(5-7-10)16-13(18)17-12-11(14)3-2-8-15-12/h2-8H,1H3,(H2,15,16,17,18). The average molecular weight is 278 g/mol. The molecule has 2 aromatic rings. The summed E-state index contributed by atoms with van der Waals surface area (Å²) in [4.78, 5) is 15.7. The SMILES string of the molecule is COc1ccc(NC(=O)Nc2ncccc2Cl)cc1. The normalized spacial score (nSPS) is 9.79. The van der Waals surface area contributed by atoms with E-state index >= 15 is 0 Å². The number of rotatable bonds is 3. The lowest BCUT2D eigenvalue weighted by Gasteiger charge is -2.08. The molecule has 0 radical (unpaired) electrons. The van der Waals surface area contributed by atoms with E-state index in [1.807, 2.05) is 0 Å². The monoisotopic (exact) mass is 277 g/mol. The van der Waals surface area contributed by atoms with E-state index in [1.165, 1.54) is 0 Å². The Kier molecular flexibility index (Phi) is 4.20. The van der Waals surface area contributed by atoms with E-state index in [-0.39, 0.29) is 0 Å². The molecule has 19 heavy (non-hydrogen) atoms. The number of nitrogens with zero attached hydrogens (tertiary/aromatic N) is 1. The molecule has 0 saturated carbocycles. The van der Waals surface area contributed by atoms with Gasteiger partial charge in [0.25, 0.3) is 0 Å². The van der Waals surface area contributed by atoms with Crippen molar-refractivity contribution in [2.75, 3.05) is 17.7 Å². The van der Waals surface area contributed by atoms with Crippen LogP contribution in [0.3, 0.4) is 0 Å². The number of ether oxygens (including phenoxy) is 1. The Morgan fingerprint density at radius 3 is 2.58 bits per heavy atom. The summed E-state index contributed by atoms with van der Waals surface area (Å²) in [5.41, 5.74) is 0.644. The number of urea groups is 1. The highest BCUT2D eigenvalue weighted by Gasteiger charge is 2.06. The van der Waals surface area contributed by atoms with Gasteiger partial charge < -0.3 is 10.1 Å². The minimum absolute atomic E-state index is 0.315. The van der Waals surface area contributed by atoms with Gasteiger partial charge in [0.05, 0.1) is 12.1 Å². The molecule has 0 aliphatic heterocycles. The third kappa shape index (κ3) is 3.59. The van der Waals surface area contributed by atoms with E-state index in [1.54, 1.807) is 49.7 Å². The molecule has 6 heteroatoms. The lowest BCUT2D eigenvalue weighted by Crippen LogP contribution is -2.20. The van der Waals surface area contributed by atoms with Gasteiger partial charge in [-0.2, -0.15) is 0 Å². The Balaban J connectivity index is 1.99. The molecule has 0 bridgehead atoms. The maximum Gasteiger partial charge on any atom is 0.324 e. The number of carbonyl (C=O) groups excluding carboxylic acids is 1. The van der Waals surface area contributed by atoms with Crippen LogP contribution in [0.1, 0.15) is 0 Å². The number of aromatic nitrogens is 1. The molecule has 0 aliphatic rings. The van der Waals surface area contributed by atoms with Crippen LogP contribution < -0.4 is 15.4 Å². The van der Waals surface area contributed by atoms with Gasteiger partial charge >= 0.3 is 6.03 Å². The zero-order valence-corrected chi connectivity index (χ0v) is 10.9. The van der Waals surface area contributed by atoms with Crippen molar-refractivity contribution in [1.29, 1.82) is 0 Å². The van der Waals surface area contributed by atoms with Crippen molar-refractivity contribution in [2.45, 2.75) is 0 Å². The van der Waals surface area contributed by atoms with Gasteiger partial charge in [0.2, 0.25) is 0 Å². The highest BCUT2D eigenvalue weighted by atomic mass is 35.5. The van der Waals surface area contributed by atoms with Gasteiger partial charge in [-0.15, -0.1) is 0 Å². The highest BCUT2D eigenvalue weighted by molar-refractivity contribution is 6.33. The first-order valence-electron chi connectivity index (χ1n) is 5.51. The number of hydrogen-bond acceptors (Lipinski definition) is 3. The molecule has 0 atom stereocenters. The van der Waals surface area contributed by atoms with Gasteiger partial charge in [-0.1, -0.05) is 11.6 Å². The Morgan fingerprint density at radius 2 is 1.95 bits per heavy atom. The van der Waals surface area contributed by atoms with Crippen LogP contribution in [0, 0.1) is 0 Å². The van der Waals surface area contributed by atoms with Gasteiger partial charge in [0.15, 0.2) is 5.82 Å². The van der Waals surface area contributed by atoms with Crippen LogP contribution in [-0.2, 0) is 0 Å². The molecule has 1 aromatic carbocycles. The number of amides is 2. The summed E-state index contributed by atoms with van der Waals surface area (Å²) in [6, 6.07) is 9.90. The van der Waals surface area contributed by atoms with Crippen LogP contribution in [0.25, 0.3) is 0 Å². The Morgan fingerprint density at radius 1 is 1.21 bits per heavy atom. The fourth-order valence-corrected chi connectivity index (χ4v) is 1.59. The zero-order chi connectivity index (χ0) is 13.7. The number of carbonyl (C=O) groups is 1. The Bertz CT molecular complexity index is 572. The fourth-order valence-electron chi connectivity index (χ4n) is 1.42. The molecule has 1 aromatic heterocycles. The van der Waals surface area contributed by atoms with Gasteiger partial charge in [0.1, 0.15) is 5.75 Å². The lowest BCUT2D eigenvalue weighted by molar-refractivity contribution is 0.262. The molecular weight excluding hydrogens is 266 g/mol. The van der Waals surface area contributed by atoms with E-state index < -0.39 is 6.03 Å². The summed E-state index contributed by atoms with van der Waals surface area (Å²) < 4.78 is 5.03. The minimum Gasteiger partial charge on any atom is -0.497 e. The molecular formula is C13H12ClN3O2. The minimum atomic E-state index is -0.411. The topological polar surface area (TPSA) is 63.2 Å². The zero-order valence-electron chi connectivity index (χ0n) is 10.2. The molecule has 0 aliphatic carbocycles. The average Bonchev–Trinajstić information content (AvgIpc) is 2.42. The first kappa shape index (κ1) is 13.2. The fraction of sp³-hybridized carbons (Fsp3) is 0.0769. The van der Waals surface area contributed by atoms with Crippen molar-refractivity contribution < 1.29 is 9.53 Å². The van der Waals surface area contributed by atoms with E-state index in [4.69, 9.17) is 16.3 Å². The van der Waals surface area contributed by atoms with Crippen LogP contribution in [0.2, 0.25) is 5.02 Å². The van der Waals surface area contributed by atoms with Crippen LogP contribution in [-0.4, -0.2) is 18.1 Å². The Hall–Kier alpha value is -2.27. The molecule has 0 spiro atoms. The van der Waals surface area contributed by atoms with Crippen molar-refractivity contribution in [2.24, 2.45) is 0 Å². The van der Waals surface area contributed by atoms with Crippen LogP contribution in [0.5, 0.6) is 5.75 Å². The summed E-state index contributed by atoms with van der Waals surface area (Å²) in [7, 11) is 1.58. The second kappa shape index (κ2) is 6.06. The lowest BCUT2D eigenvalue weighted by atomic mass is 10.3. The number of hydrogen-bond donors (Lipinski definition) is 2. The molecule has 2 amide bonds. The smallest absolute Gasteiger partial charge is 0.324 e.